The number of carbonyl (C=O) groups is 3. The molecule has 0 aliphatic heterocycles. The highest BCUT2D eigenvalue weighted by Gasteiger charge is 2.19. The second kappa shape index (κ2) is 6.16. The Morgan fingerprint density at radius 3 is 2.27 bits per heavy atom. The Morgan fingerprint density at radius 2 is 1.87 bits per heavy atom. The summed E-state index contributed by atoms with van der Waals surface area (Å²) < 4.78 is 4.53. The average molecular weight is 215 g/mol. The zero-order valence-corrected chi connectivity index (χ0v) is 9.57. The van der Waals surface area contributed by atoms with Crippen molar-refractivity contribution in [1.82, 2.24) is 4.90 Å². The predicted molar refractivity (Wildman–Crippen MR) is 54.1 cm³/mol. The molecule has 0 aliphatic carbocycles. The quantitative estimate of drug-likeness (QED) is 0.486. The molecule has 0 aromatic heterocycles. The van der Waals surface area contributed by atoms with Crippen LogP contribution in [-0.2, 0) is 19.1 Å². The van der Waals surface area contributed by atoms with E-state index in [0.717, 1.165) is 0 Å². The van der Waals surface area contributed by atoms with Crippen LogP contribution in [0.5, 0.6) is 0 Å². The molecular weight excluding hydrogens is 198 g/mol. The van der Waals surface area contributed by atoms with Crippen molar-refractivity contribution in [2.75, 3.05) is 20.7 Å². The molecule has 0 rings (SSSR count). The molecule has 1 amide bonds. The third kappa shape index (κ3) is 5.15. The zero-order valence-electron chi connectivity index (χ0n) is 9.57. The molecule has 0 bridgehead atoms. The Balaban J connectivity index is 4.12. The lowest BCUT2D eigenvalue weighted by molar-refractivity contribution is -0.146. The summed E-state index contributed by atoms with van der Waals surface area (Å²) in [5.74, 6) is -1.20. The number of nitrogens with zero attached hydrogens (tertiary/aromatic N) is 1. The summed E-state index contributed by atoms with van der Waals surface area (Å²) in [6.45, 7) is 3.29. The number of carbonyl (C=O) groups excluding carboxylic acids is 3. The maximum absolute atomic E-state index is 11.4. The number of ketones is 1. The smallest absolute Gasteiger partial charge is 0.310 e. The minimum atomic E-state index is -0.379. The summed E-state index contributed by atoms with van der Waals surface area (Å²) in [7, 11) is 2.86. The van der Waals surface area contributed by atoms with Gasteiger partial charge >= 0.3 is 5.97 Å². The van der Waals surface area contributed by atoms with E-state index in [1.165, 1.54) is 18.9 Å². The Morgan fingerprint density at radius 1 is 1.33 bits per heavy atom. The summed E-state index contributed by atoms with van der Waals surface area (Å²) in [6.07, 6.45) is -0.121. The van der Waals surface area contributed by atoms with Crippen LogP contribution in [0, 0.1) is 5.92 Å². The Kier molecular flexibility index (Phi) is 5.59. The number of ether oxygens (including phenoxy) is 1. The van der Waals surface area contributed by atoms with Crippen LogP contribution in [0.2, 0.25) is 0 Å². The zero-order chi connectivity index (χ0) is 12.0. The third-order valence-corrected chi connectivity index (χ3v) is 1.98. The molecule has 0 aromatic rings. The van der Waals surface area contributed by atoms with Gasteiger partial charge in [-0.25, -0.2) is 0 Å². The van der Waals surface area contributed by atoms with E-state index in [4.69, 9.17) is 0 Å². The first kappa shape index (κ1) is 13.6. The standard InChI is InChI=1S/C10H17NO4/c1-7(10(14)15-4)6-11(3)9(13)5-8(2)12/h7H,5-6H2,1-4H3. The van der Waals surface area contributed by atoms with Gasteiger partial charge in [-0.2, -0.15) is 0 Å². The maximum Gasteiger partial charge on any atom is 0.310 e. The van der Waals surface area contributed by atoms with Crippen LogP contribution in [0.15, 0.2) is 0 Å². The van der Waals surface area contributed by atoms with Gasteiger partial charge in [0.05, 0.1) is 19.4 Å². The van der Waals surface area contributed by atoms with Crippen molar-refractivity contribution in [2.24, 2.45) is 5.92 Å². The van der Waals surface area contributed by atoms with E-state index in [-0.39, 0.29) is 36.5 Å². The fourth-order valence-corrected chi connectivity index (χ4v) is 1.14. The van der Waals surface area contributed by atoms with Gasteiger partial charge in [-0.3, -0.25) is 14.4 Å². The Labute approximate surface area is 89.4 Å². The molecular formula is C10H17NO4. The van der Waals surface area contributed by atoms with E-state index in [1.54, 1.807) is 14.0 Å². The SMILES string of the molecule is COC(=O)C(C)CN(C)C(=O)CC(C)=O. The van der Waals surface area contributed by atoms with Crippen molar-refractivity contribution < 1.29 is 19.1 Å². The van der Waals surface area contributed by atoms with Crippen LogP contribution in [0.4, 0.5) is 0 Å². The van der Waals surface area contributed by atoms with E-state index in [2.05, 4.69) is 4.74 Å². The Hall–Kier alpha value is -1.39. The van der Waals surface area contributed by atoms with Gasteiger partial charge in [0, 0.05) is 13.6 Å². The van der Waals surface area contributed by atoms with Crippen molar-refractivity contribution in [3.8, 4) is 0 Å². The lowest BCUT2D eigenvalue weighted by atomic mass is 10.1. The minimum Gasteiger partial charge on any atom is -0.469 e. The third-order valence-electron chi connectivity index (χ3n) is 1.98. The molecule has 0 spiro atoms. The number of rotatable bonds is 5. The first-order valence-electron chi connectivity index (χ1n) is 4.69. The molecule has 0 radical (unpaired) electrons. The molecule has 0 fully saturated rings. The second-order valence-corrected chi connectivity index (χ2v) is 3.58. The summed E-state index contributed by atoms with van der Waals surface area (Å²) in [5, 5.41) is 0. The normalized spacial score (nSPS) is 11.7. The summed E-state index contributed by atoms with van der Waals surface area (Å²) >= 11 is 0. The minimum absolute atomic E-state index is 0.121. The fourth-order valence-electron chi connectivity index (χ4n) is 1.14. The number of Topliss-reactive ketones (excluding diaryl/α,β-unsaturated/α-hetero) is 1. The molecule has 0 saturated carbocycles. The van der Waals surface area contributed by atoms with E-state index >= 15 is 0 Å². The highest BCUT2D eigenvalue weighted by Crippen LogP contribution is 2.02. The highest BCUT2D eigenvalue weighted by atomic mass is 16.5. The summed E-state index contributed by atoms with van der Waals surface area (Å²) in [6, 6.07) is 0. The van der Waals surface area contributed by atoms with Gasteiger partial charge in [0.1, 0.15) is 5.78 Å². The maximum atomic E-state index is 11.4. The molecule has 86 valence electrons. The lowest BCUT2D eigenvalue weighted by Crippen LogP contribution is -2.34. The largest absolute Gasteiger partial charge is 0.469 e. The van der Waals surface area contributed by atoms with Crippen LogP contribution in [0.25, 0.3) is 0 Å². The molecule has 5 nitrogen and oxygen atoms in total. The number of amides is 1. The number of esters is 1. The first-order valence-corrected chi connectivity index (χ1v) is 4.69. The van der Waals surface area contributed by atoms with Gasteiger partial charge in [0.2, 0.25) is 5.91 Å². The molecule has 0 N–H and O–H groups in total. The van der Waals surface area contributed by atoms with Crippen LogP contribution in [0.1, 0.15) is 20.3 Å². The first-order chi connectivity index (χ1) is 6.88. The summed E-state index contributed by atoms with van der Waals surface area (Å²) in [5.41, 5.74) is 0. The van der Waals surface area contributed by atoms with Gasteiger partial charge in [-0.05, 0) is 6.92 Å². The van der Waals surface area contributed by atoms with E-state index < -0.39 is 0 Å². The van der Waals surface area contributed by atoms with Crippen molar-refractivity contribution in [3.05, 3.63) is 0 Å². The van der Waals surface area contributed by atoms with Crippen LogP contribution < -0.4 is 0 Å². The van der Waals surface area contributed by atoms with Gasteiger partial charge in [-0.1, -0.05) is 6.92 Å². The molecule has 0 aromatic carbocycles. The predicted octanol–water partition coefficient (Wildman–Crippen LogP) is 0.233. The van der Waals surface area contributed by atoms with Gasteiger partial charge in [0.25, 0.3) is 0 Å². The van der Waals surface area contributed by atoms with Crippen molar-refractivity contribution in [3.63, 3.8) is 0 Å². The van der Waals surface area contributed by atoms with Crippen LogP contribution in [-0.4, -0.2) is 43.3 Å². The van der Waals surface area contributed by atoms with Crippen molar-refractivity contribution >= 4 is 17.7 Å². The molecule has 0 aliphatic rings. The monoisotopic (exact) mass is 215 g/mol. The van der Waals surface area contributed by atoms with E-state index in [1.807, 2.05) is 0 Å². The second-order valence-electron chi connectivity index (χ2n) is 3.58. The molecule has 15 heavy (non-hydrogen) atoms. The van der Waals surface area contributed by atoms with Gasteiger partial charge < -0.3 is 9.64 Å². The van der Waals surface area contributed by atoms with Crippen LogP contribution >= 0.6 is 0 Å². The fraction of sp³-hybridized carbons (Fsp3) is 0.700. The lowest BCUT2D eigenvalue weighted by Gasteiger charge is -2.19. The van der Waals surface area contributed by atoms with Gasteiger partial charge in [-0.15, -0.1) is 0 Å². The van der Waals surface area contributed by atoms with E-state index in [9.17, 15) is 14.4 Å². The number of methoxy groups -OCH3 is 1. The van der Waals surface area contributed by atoms with Crippen molar-refractivity contribution in [1.29, 1.82) is 0 Å². The van der Waals surface area contributed by atoms with Crippen LogP contribution in [0.3, 0.4) is 0 Å². The Bertz CT molecular complexity index is 262. The molecule has 1 atom stereocenters. The van der Waals surface area contributed by atoms with Gasteiger partial charge in [0.15, 0.2) is 0 Å². The van der Waals surface area contributed by atoms with E-state index in [0.29, 0.717) is 0 Å². The topological polar surface area (TPSA) is 63.7 Å². The highest BCUT2D eigenvalue weighted by molar-refractivity contribution is 5.96. The molecule has 0 saturated heterocycles. The number of hydrogen-bond donors (Lipinski definition) is 0. The average Bonchev–Trinajstić information content (AvgIpc) is 2.15. The number of hydrogen-bond acceptors (Lipinski definition) is 4. The molecule has 0 heterocycles. The molecule has 1 unspecified atom stereocenters. The van der Waals surface area contributed by atoms with Crippen molar-refractivity contribution in [2.45, 2.75) is 20.3 Å². The molecule has 5 heteroatoms. The summed E-state index contributed by atoms with van der Waals surface area (Å²) in [4.78, 5) is 34.5.